The highest BCUT2D eigenvalue weighted by molar-refractivity contribution is 5.30. The summed E-state index contributed by atoms with van der Waals surface area (Å²) in [5.74, 6) is -7.32. The predicted molar refractivity (Wildman–Crippen MR) is 80.5 cm³/mol. The molecule has 0 spiro atoms. The van der Waals surface area contributed by atoms with E-state index in [1.165, 1.54) is 6.07 Å². The molecule has 0 unspecified atom stereocenters. The van der Waals surface area contributed by atoms with Gasteiger partial charge in [0.2, 0.25) is 0 Å². The van der Waals surface area contributed by atoms with Crippen molar-refractivity contribution in [1.82, 2.24) is 0 Å². The van der Waals surface area contributed by atoms with E-state index < -0.39 is 40.7 Å². The number of unbranched alkanes of at least 4 members (excludes halogenated alkanes) is 2. The summed E-state index contributed by atoms with van der Waals surface area (Å²) in [6.45, 7) is 2.00. The Labute approximate surface area is 141 Å². The van der Waals surface area contributed by atoms with Gasteiger partial charge >= 0.3 is 6.11 Å². The second kappa shape index (κ2) is 7.80. The third-order valence-electron chi connectivity index (χ3n) is 3.62. The number of alkyl halides is 2. The van der Waals surface area contributed by atoms with Crippen molar-refractivity contribution in [1.29, 1.82) is 0 Å². The standard InChI is InChI=1S/C18H16F6O/c1-2-3-4-5-11-6-7-13(14(19)8-11)18(23,24)25-12-9-15(20)17(22)16(21)10-12/h6-10H,2-5H2,1H3. The minimum atomic E-state index is -4.18. The van der Waals surface area contributed by atoms with E-state index in [-0.39, 0.29) is 12.1 Å². The fourth-order valence-corrected chi connectivity index (χ4v) is 2.32. The van der Waals surface area contributed by atoms with Gasteiger partial charge in [-0.15, -0.1) is 0 Å². The Morgan fingerprint density at radius 1 is 0.880 bits per heavy atom. The maximum absolute atomic E-state index is 14.1. The van der Waals surface area contributed by atoms with Crippen molar-refractivity contribution in [2.75, 3.05) is 0 Å². The van der Waals surface area contributed by atoms with Crippen LogP contribution in [0.15, 0.2) is 30.3 Å². The molecular weight excluding hydrogens is 346 g/mol. The second-order valence-electron chi connectivity index (χ2n) is 5.59. The Bertz CT molecular complexity index is 721. The van der Waals surface area contributed by atoms with Crippen molar-refractivity contribution in [3.05, 3.63) is 64.7 Å². The Hall–Kier alpha value is -2.18. The molecule has 0 aliphatic rings. The lowest BCUT2D eigenvalue weighted by atomic mass is 10.0. The number of rotatable bonds is 7. The molecule has 2 aromatic rings. The average Bonchev–Trinajstić information content (AvgIpc) is 2.52. The normalized spacial score (nSPS) is 11.6. The van der Waals surface area contributed by atoms with Gasteiger partial charge in [0.25, 0.3) is 0 Å². The van der Waals surface area contributed by atoms with E-state index in [1.807, 2.05) is 6.92 Å². The first-order valence-electron chi connectivity index (χ1n) is 7.75. The summed E-state index contributed by atoms with van der Waals surface area (Å²) >= 11 is 0. The van der Waals surface area contributed by atoms with E-state index in [9.17, 15) is 26.3 Å². The monoisotopic (exact) mass is 362 g/mol. The van der Waals surface area contributed by atoms with E-state index in [0.29, 0.717) is 12.0 Å². The molecule has 0 aliphatic carbocycles. The lowest BCUT2D eigenvalue weighted by Crippen LogP contribution is -2.23. The summed E-state index contributed by atoms with van der Waals surface area (Å²) in [5.41, 5.74) is -0.513. The highest BCUT2D eigenvalue weighted by Gasteiger charge is 2.38. The van der Waals surface area contributed by atoms with Crippen molar-refractivity contribution < 1.29 is 31.1 Å². The molecule has 25 heavy (non-hydrogen) atoms. The quantitative estimate of drug-likeness (QED) is 0.328. The summed E-state index contributed by atoms with van der Waals surface area (Å²) in [4.78, 5) is 0. The van der Waals surface area contributed by atoms with Crippen LogP contribution in [0.4, 0.5) is 26.3 Å². The molecule has 0 bridgehead atoms. The van der Waals surface area contributed by atoms with Crippen LogP contribution in [0.3, 0.4) is 0 Å². The number of hydrogen-bond acceptors (Lipinski definition) is 1. The van der Waals surface area contributed by atoms with Crippen molar-refractivity contribution >= 4 is 0 Å². The molecular formula is C18H16F6O. The molecule has 2 rings (SSSR count). The predicted octanol–water partition coefficient (Wildman–Crippen LogP) is 6.10. The zero-order valence-corrected chi connectivity index (χ0v) is 13.4. The van der Waals surface area contributed by atoms with Crippen LogP contribution in [-0.4, -0.2) is 0 Å². The van der Waals surface area contributed by atoms with Crippen LogP contribution in [0.1, 0.15) is 37.3 Å². The van der Waals surface area contributed by atoms with Gasteiger partial charge in [0.15, 0.2) is 17.5 Å². The van der Waals surface area contributed by atoms with E-state index in [4.69, 9.17) is 0 Å². The number of ether oxygens (including phenoxy) is 1. The molecule has 0 heterocycles. The SMILES string of the molecule is CCCCCc1ccc(C(F)(F)Oc2cc(F)c(F)c(F)c2)c(F)c1. The van der Waals surface area contributed by atoms with Gasteiger partial charge in [-0.25, -0.2) is 17.6 Å². The van der Waals surface area contributed by atoms with E-state index in [2.05, 4.69) is 4.74 Å². The first kappa shape index (κ1) is 19.1. The molecule has 1 nitrogen and oxygen atoms in total. The Balaban J connectivity index is 2.21. The Morgan fingerprint density at radius 3 is 2.08 bits per heavy atom. The molecule has 0 atom stereocenters. The van der Waals surface area contributed by atoms with E-state index >= 15 is 0 Å². The summed E-state index contributed by atoms with van der Waals surface area (Å²) in [5, 5.41) is 0. The highest BCUT2D eigenvalue weighted by Crippen LogP contribution is 2.34. The number of hydrogen-bond donors (Lipinski definition) is 0. The molecule has 0 fully saturated rings. The lowest BCUT2D eigenvalue weighted by molar-refractivity contribution is -0.187. The van der Waals surface area contributed by atoms with Crippen LogP contribution in [0.2, 0.25) is 0 Å². The average molecular weight is 362 g/mol. The van der Waals surface area contributed by atoms with Crippen LogP contribution in [0.5, 0.6) is 5.75 Å². The van der Waals surface area contributed by atoms with Crippen LogP contribution in [-0.2, 0) is 12.5 Å². The van der Waals surface area contributed by atoms with Gasteiger partial charge in [-0.05, 0) is 30.5 Å². The summed E-state index contributed by atoms with van der Waals surface area (Å²) < 4.78 is 85.4. The summed E-state index contributed by atoms with van der Waals surface area (Å²) in [7, 11) is 0. The van der Waals surface area contributed by atoms with Gasteiger partial charge in [0.05, 0.1) is 5.56 Å². The van der Waals surface area contributed by atoms with Crippen molar-refractivity contribution in [3.63, 3.8) is 0 Å². The molecule has 0 amide bonds. The molecule has 0 saturated heterocycles. The largest absolute Gasteiger partial charge is 0.429 e. The van der Waals surface area contributed by atoms with Crippen LogP contribution >= 0.6 is 0 Å². The maximum Gasteiger partial charge on any atom is 0.429 e. The molecule has 136 valence electrons. The molecule has 0 N–H and O–H groups in total. The molecule has 0 aliphatic heterocycles. The zero-order chi connectivity index (χ0) is 18.6. The Kier molecular flexibility index (Phi) is 5.98. The molecule has 0 radical (unpaired) electrons. The first-order valence-corrected chi connectivity index (χ1v) is 7.75. The smallest absolute Gasteiger partial charge is 0.429 e. The molecule has 7 heteroatoms. The molecule has 2 aromatic carbocycles. The third-order valence-corrected chi connectivity index (χ3v) is 3.62. The van der Waals surface area contributed by atoms with Crippen molar-refractivity contribution in [2.45, 2.75) is 38.7 Å². The fraction of sp³-hybridized carbons (Fsp3) is 0.333. The number of aryl methyl sites for hydroxylation is 1. The fourth-order valence-electron chi connectivity index (χ4n) is 2.32. The first-order chi connectivity index (χ1) is 11.7. The zero-order valence-electron chi connectivity index (χ0n) is 13.4. The minimum Gasteiger partial charge on any atom is -0.429 e. The van der Waals surface area contributed by atoms with Crippen LogP contribution in [0, 0.1) is 23.3 Å². The van der Waals surface area contributed by atoms with Crippen molar-refractivity contribution in [3.8, 4) is 5.75 Å². The summed E-state index contributed by atoms with van der Waals surface area (Å²) in [6, 6.07) is 3.73. The molecule has 0 aromatic heterocycles. The van der Waals surface area contributed by atoms with Gasteiger partial charge in [-0.2, -0.15) is 8.78 Å². The van der Waals surface area contributed by atoms with E-state index in [1.54, 1.807) is 0 Å². The van der Waals surface area contributed by atoms with Crippen LogP contribution in [0.25, 0.3) is 0 Å². The Morgan fingerprint density at radius 2 is 1.52 bits per heavy atom. The minimum absolute atomic E-state index is 0.267. The topological polar surface area (TPSA) is 9.23 Å². The maximum atomic E-state index is 14.1. The van der Waals surface area contributed by atoms with Gasteiger partial charge in [0.1, 0.15) is 11.6 Å². The highest BCUT2D eigenvalue weighted by atomic mass is 19.3. The number of halogens is 6. The second-order valence-corrected chi connectivity index (χ2v) is 5.59. The lowest BCUT2D eigenvalue weighted by Gasteiger charge is -2.19. The van der Waals surface area contributed by atoms with E-state index in [0.717, 1.165) is 31.4 Å². The van der Waals surface area contributed by atoms with Gasteiger partial charge in [-0.1, -0.05) is 25.8 Å². The van der Waals surface area contributed by atoms with Crippen molar-refractivity contribution in [2.24, 2.45) is 0 Å². The van der Waals surface area contributed by atoms with Gasteiger partial charge in [-0.3, -0.25) is 0 Å². The van der Waals surface area contributed by atoms with Gasteiger partial charge < -0.3 is 4.74 Å². The van der Waals surface area contributed by atoms with Crippen LogP contribution < -0.4 is 4.74 Å². The summed E-state index contributed by atoms with van der Waals surface area (Å²) in [6.07, 6.45) is -0.924. The number of benzene rings is 2. The third kappa shape index (κ3) is 4.67. The van der Waals surface area contributed by atoms with Gasteiger partial charge in [0, 0.05) is 12.1 Å². The molecule has 0 saturated carbocycles.